The van der Waals surface area contributed by atoms with E-state index in [1.807, 2.05) is 13.0 Å². The minimum absolute atomic E-state index is 0.112. The maximum Gasteiger partial charge on any atom is 0.0277 e. The summed E-state index contributed by atoms with van der Waals surface area (Å²) >= 11 is 5.16. The van der Waals surface area contributed by atoms with Gasteiger partial charge in [0.1, 0.15) is 0 Å². The lowest BCUT2D eigenvalue weighted by molar-refractivity contribution is 0.797. The van der Waals surface area contributed by atoms with Gasteiger partial charge in [-0.2, -0.15) is 0 Å². The van der Waals surface area contributed by atoms with Crippen LogP contribution in [0.25, 0.3) is 0 Å². The number of nitrogens with two attached hydrogens (primary N) is 1. The van der Waals surface area contributed by atoms with Gasteiger partial charge in [0, 0.05) is 15.4 Å². The molecule has 2 N–H and O–H groups in total. The predicted octanol–water partition coefficient (Wildman–Crippen LogP) is 3.19. The lowest BCUT2D eigenvalue weighted by Gasteiger charge is -2.10. The Balaban J connectivity index is 3.11. The van der Waals surface area contributed by atoms with Gasteiger partial charge in [0.2, 0.25) is 0 Å². The first-order chi connectivity index (χ1) is 5.65. The Morgan fingerprint density at radius 2 is 2.17 bits per heavy atom. The summed E-state index contributed by atoms with van der Waals surface area (Å²) in [7, 11) is 0. The monoisotopic (exact) mass is 245 g/mol. The molecule has 66 valence electrons. The van der Waals surface area contributed by atoms with Gasteiger partial charge in [-0.3, -0.25) is 0 Å². The van der Waals surface area contributed by atoms with Crippen LogP contribution in [0.4, 0.5) is 0 Å². The molecule has 1 aromatic carbocycles. The molecule has 0 saturated heterocycles. The molecule has 0 spiro atoms. The Labute approximate surface area is 85.9 Å². The lowest BCUT2D eigenvalue weighted by Crippen LogP contribution is -2.05. The van der Waals surface area contributed by atoms with Crippen LogP contribution < -0.4 is 5.73 Å². The normalized spacial score (nSPS) is 13.0. The minimum atomic E-state index is 0.112. The van der Waals surface area contributed by atoms with Crippen molar-refractivity contribution in [3.63, 3.8) is 0 Å². The van der Waals surface area contributed by atoms with Crippen LogP contribution in [-0.2, 0) is 0 Å². The van der Waals surface area contributed by atoms with Gasteiger partial charge in [0.25, 0.3) is 0 Å². The largest absolute Gasteiger partial charge is 0.324 e. The third-order valence-corrected chi connectivity index (χ3v) is 2.97. The van der Waals surface area contributed by atoms with E-state index in [0.717, 1.165) is 4.47 Å². The van der Waals surface area contributed by atoms with Crippen LogP contribution in [-0.4, -0.2) is 6.26 Å². The third-order valence-electron chi connectivity index (χ3n) is 1.69. The zero-order chi connectivity index (χ0) is 9.14. The quantitative estimate of drug-likeness (QED) is 0.811. The summed E-state index contributed by atoms with van der Waals surface area (Å²) in [5, 5.41) is 0. The van der Waals surface area contributed by atoms with Crippen LogP contribution in [0.2, 0.25) is 0 Å². The molecule has 0 aliphatic carbocycles. The van der Waals surface area contributed by atoms with Crippen molar-refractivity contribution in [1.82, 2.24) is 0 Å². The second kappa shape index (κ2) is 4.30. The summed E-state index contributed by atoms with van der Waals surface area (Å²) in [5.41, 5.74) is 7.03. The standard InChI is InChI=1S/C9H12BrNS/c1-6(11)8-4-3-7(10)5-9(8)12-2/h3-6H,11H2,1-2H3. The molecule has 0 fully saturated rings. The fourth-order valence-electron chi connectivity index (χ4n) is 1.06. The molecule has 1 rings (SSSR count). The maximum absolute atomic E-state index is 5.81. The molecule has 0 aliphatic rings. The lowest BCUT2D eigenvalue weighted by atomic mass is 10.1. The molecule has 0 aromatic heterocycles. The van der Waals surface area contributed by atoms with Crippen molar-refractivity contribution >= 4 is 27.7 Å². The molecule has 0 saturated carbocycles. The topological polar surface area (TPSA) is 26.0 Å². The molecule has 1 atom stereocenters. The minimum Gasteiger partial charge on any atom is -0.324 e. The molecule has 12 heavy (non-hydrogen) atoms. The molecular weight excluding hydrogens is 234 g/mol. The Hall–Kier alpha value is 0.01000. The van der Waals surface area contributed by atoms with Crippen LogP contribution in [0.5, 0.6) is 0 Å². The van der Waals surface area contributed by atoms with Crippen molar-refractivity contribution in [2.75, 3.05) is 6.26 Å². The second-order valence-corrected chi connectivity index (χ2v) is 4.44. The number of hydrogen-bond acceptors (Lipinski definition) is 2. The van der Waals surface area contributed by atoms with E-state index in [2.05, 4.69) is 34.3 Å². The van der Waals surface area contributed by atoms with Crippen molar-refractivity contribution in [3.05, 3.63) is 28.2 Å². The van der Waals surface area contributed by atoms with Gasteiger partial charge >= 0.3 is 0 Å². The Kier molecular flexibility index (Phi) is 3.62. The molecular formula is C9H12BrNS. The van der Waals surface area contributed by atoms with E-state index < -0.39 is 0 Å². The summed E-state index contributed by atoms with van der Waals surface area (Å²) in [4.78, 5) is 1.25. The molecule has 0 amide bonds. The molecule has 0 bridgehead atoms. The Morgan fingerprint density at radius 1 is 1.50 bits per heavy atom. The van der Waals surface area contributed by atoms with Crippen molar-refractivity contribution < 1.29 is 0 Å². The highest BCUT2D eigenvalue weighted by Crippen LogP contribution is 2.27. The third kappa shape index (κ3) is 2.25. The van der Waals surface area contributed by atoms with Gasteiger partial charge in [-0.15, -0.1) is 11.8 Å². The average Bonchev–Trinajstić information content (AvgIpc) is 2.03. The van der Waals surface area contributed by atoms with Gasteiger partial charge in [0.05, 0.1) is 0 Å². The number of hydrogen-bond donors (Lipinski definition) is 1. The highest BCUT2D eigenvalue weighted by Gasteiger charge is 2.05. The van der Waals surface area contributed by atoms with E-state index in [1.54, 1.807) is 11.8 Å². The Morgan fingerprint density at radius 3 is 2.67 bits per heavy atom. The molecule has 1 unspecified atom stereocenters. The van der Waals surface area contributed by atoms with Gasteiger partial charge in [-0.1, -0.05) is 22.0 Å². The molecule has 1 aromatic rings. The summed E-state index contributed by atoms with van der Waals surface area (Å²) in [5.74, 6) is 0. The molecule has 3 heteroatoms. The highest BCUT2D eigenvalue weighted by atomic mass is 79.9. The fraction of sp³-hybridized carbons (Fsp3) is 0.333. The van der Waals surface area contributed by atoms with E-state index in [-0.39, 0.29) is 6.04 Å². The van der Waals surface area contributed by atoms with E-state index in [4.69, 9.17) is 5.73 Å². The summed E-state index contributed by atoms with van der Waals surface area (Å²) in [6, 6.07) is 6.31. The summed E-state index contributed by atoms with van der Waals surface area (Å²) < 4.78 is 1.11. The zero-order valence-corrected chi connectivity index (χ0v) is 9.58. The predicted molar refractivity (Wildman–Crippen MR) is 58.5 cm³/mol. The maximum atomic E-state index is 5.81. The molecule has 0 heterocycles. The Bertz CT molecular complexity index is 273. The smallest absolute Gasteiger partial charge is 0.0277 e. The zero-order valence-electron chi connectivity index (χ0n) is 7.17. The first-order valence-corrected chi connectivity index (χ1v) is 5.76. The molecule has 1 nitrogen and oxygen atoms in total. The van der Waals surface area contributed by atoms with Gasteiger partial charge in [-0.05, 0) is 30.9 Å². The summed E-state index contributed by atoms with van der Waals surface area (Å²) in [6.07, 6.45) is 2.06. The highest BCUT2D eigenvalue weighted by molar-refractivity contribution is 9.10. The van der Waals surface area contributed by atoms with Crippen molar-refractivity contribution in [2.45, 2.75) is 17.9 Å². The van der Waals surface area contributed by atoms with E-state index in [0.29, 0.717) is 0 Å². The van der Waals surface area contributed by atoms with Gasteiger partial charge < -0.3 is 5.73 Å². The van der Waals surface area contributed by atoms with E-state index in [1.165, 1.54) is 10.5 Å². The van der Waals surface area contributed by atoms with Crippen LogP contribution in [0, 0.1) is 0 Å². The molecule has 0 radical (unpaired) electrons. The number of halogens is 1. The van der Waals surface area contributed by atoms with Gasteiger partial charge in [0.15, 0.2) is 0 Å². The first-order valence-electron chi connectivity index (χ1n) is 3.74. The first kappa shape index (κ1) is 10.1. The van der Waals surface area contributed by atoms with Gasteiger partial charge in [-0.25, -0.2) is 0 Å². The van der Waals surface area contributed by atoms with Crippen LogP contribution in [0.1, 0.15) is 18.5 Å². The summed E-state index contributed by atoms with van der Waals surface area (Å²) in [6.45, 7) is 2.00. The van der Waals surface area contributed by atoms with E-state index >= 15 is 0 Å². The average molecular weight is 246 g/mol. The van der Waals surface area contributed by atoms with Crippen molar-refractivity contribution in [1.29, 1.82) is 0 Å². The number of thioether (sulfide) groups is 1. The molecule has 0 aliphatic heterocycles. The number of rotatable bonds is 2. The fourth-order valence-corrected chi connectivity index (χ4v) is 2.31. The van der Waals surface area contributed by atoms with Crippen molar-refractivity contribution in [2.24, 2.45) is 5.73 Å². The van der Waals surface area contributed by atoms with Crippen LogP contribution >= 0.6 is 27.7 Å². The van der Waals surface area contributed by atoms with Crippen LogP contribution in [0.3, 0.4) is 0 Å². The number of benzene rings is 1. The van der Waals surface area contributed by atoms with E-state index in [9.17, 15) is 0 Å². The van der Waals surface area contributed by atoms with Crippen LogP contribution in [0.15, 0.2) is 27.6 Å². The van der Waals surface area contributed by atoms with Crippen molar-refractivity contribution in [3.8, 4) is 0 Å². The second-order valence-electron chi connectivity index (χ2n) is 2.67. The SMILES string of the molecule is CSc1cc(Br)ccc1C(C)N.